The molecule has 2 N–H and O–H groups in total. The average Bonchev–Trinajstić information content (AvgIpc) is 2.84. The summed E-state index contributed by atoms with van der Waals surface area (Å²) < 4.78 is 0. The van der Waals surface area contributed by atoms with Crippen LogP contribution in [-0.4, -0.2) is 33.7 Å². The molecular formula is C29H24O6. The molecule has 3 rings (SSSR count). The molecule has 0 saturated heterocycles. The molecule has 35 heavy (non-hydrogen) atoms. The second-order valence-corrected chi connectivity index (χ2v) is 7.96. The van der Waals surface area contributed by atoms with Gasteiger partial charge in [0.15, 0.2) is 11.6 Å². The van der Waals surface area contributed by atoms with E-state index < -0.39 is 11.9 Å². The Hall–Kier alpha value is -4.58. The molecular weight excluding hydrogens is 444 g/mol. The van der Waals surface area contributed by atoms with Crippen molar-refractivity contribution in [3.8, 4) is 0 Å². The molecule has 0 aliphatic heterocycles. The van der Waals surface area contributed by atoms with Crippen LogP contribution in [0.15, 0.2) is 103 Å². The third-order valence-corrected chi connectivity index (χ3v) is 5.34. The monoisotopic (exact) mass is 468 g/mol. The first-order valence-electron chi connectivity index (χ1n) is 10.9. The Morgan fingerprint density at radius 2 is 0.914 bits per heavy atom. The third-order valence-electron chi connectivity index (χ3n) is 5.34. The van der Waals surface area contributed by atoms with Crippen molar-refractivity contribution in [3.05, 3.63) is 131 Å². The van der Waals surface area contributed by atoms with Gasteiger partial charge >= 0.3 is 11.9 Å². The summed E-state index contributed by atoms with van der Waals surface area (Å²) in [5.74, 6) is -2.98. The zero-order valence-corrected chi connectivity index (χ0v) is 18.8. The van der Waals surface area contributed by atoms with Gasteiger partial charge in [-0.25, -0.2) is 9.59 Å². The molecule has 0 radical (unpaired) electrons. The maximum absolute atomic E-state index is 12.0. The number of ketones is 2. The normalized spacial score (nSPS) is 11.2. The smallest absolute Gasteiger partial charge is 0.328 e. The highest BCUT2D eigenvalue weighted by Gasteiger charge is 2.17. The van der Waals surface area contributed by atoms with Gasteiger partial charge in [0, 0.05) is 30.9 Å². The van der Waals surface area contributed by atoms with Crippen LogP contribution in [0, 0.1) is 0 Å². The fourth-order valence-electron chi connectivity index (χ4n) is 3.73. The van der Waals surface area contributed by atoms with Crippen LogP contribution in [0.4, 0.5) is 0 Å². The van der Waals surface area contributed by atoms with E-state index in [-0.39, 0.29) is 30.3 Å². The molecule has 176 valence electrons. The largest absolute Gasteiger partial charge is 0.478 e. The second-order valence-electron chi connectivity index (χ2n) is 7.96. The molecule has 0 atom stereocenters. The van der Waals surface area contributed by atoms with Crippen LogP contribution in [-0.2, 0) is 32.0 Å². The van der Waals surface area contributed by atoms with Crippen LogP contribution in [0.25, 0.3) is 0 Å². The molecule has 0 saturated carbocycles. The standard InChI is InChI=1S/C29H24O6/c30-25(14-16-27(32)33)18-20-6-10-23(11-7-20)29(22-4-2-1-3-5-22)24-12-8-21(9-13-24)19-26(31)15-17-28(34)35/h1-17,29H,18-19H2,(H,32,33)(H,34,35)/b16-14+,17-15+. The van der Waals surface area contributed by atoms with Gasteiger partial charge in [0.05, 0.1) is 0 Å². The Morgan fingerprint density at radius 3 is 1.29 bits per heavy atom. The fraction of sp³-hybridized carbons (Fsp3) is 0.103. The minimum Gasteiger partial charge on any atom is -0.478 e. The first-order valence-corrected chi connectivity index (χ1v) is 10.9. The van der Waals surface area contributed by atoms with E-state index in [2.05, 4.69) is 0 Å². The number of carbonyl (C=O) groups excluding carboxylic acids is 2. The van der Waals surface area contributed by atoms with Crippen LogP contribution in [0.1, 0.15) is 33.7 Å². The molecule has 3 aromatic rings. The van der Waals surface area contributed by atoms with Crippen LogP contribution < -0.4 is 0 Å². The average molecular weight is 469 g/mol. The van der Waals surface area contributed by atoms with Crippen LogP contribution in [0.2, 0.25) is 0 Å². The molecule has 0 amide bonds. The highest BCUT2D eigenvalue weighted by Crippen LogP contribution is 2.32. The molecule has 0 unspecified atom stereocenters. The maximum atomic E-state index is 12.0. The summed E-state index contributed by atoms with van der Waals surface area (Å²) in [5, 5.41) is 17.3. The molecule has 3 aromatic carbocycles. The van der Waals surface area contributed by atoms with Crippen molar-refractivity contribution in [2.45, 2.75) is 18.8 Å². The zero-order chi connectivity index (χ0) is 25.2. The van der Waals surface area contributed by atoms with E-state index in [1.165, 1.54) is 0 Å². The van der Waals surface area contributed by atoms with E-state index in [0.717, 1.165) is 52.1 Å². The van der Waals surface area contributed by atoms with Crippen LogP contribution >= 0.6 is 0 Å². The Kier molecular flexibility index (Phi) is 8.62. The second kappa shape index (κ2) is 12.0. The lowest BCUT2D eigenvalue weighted by atomic mass is 9.84. The highest BCUT2D eigenvalue weighted by molar-refractivity contribution is 5.97. The Balaban J connectivity index is 1.83. The number of rotatable bonds is 11. The third kappa shape index (κ3) is 7.75. The Bertz CT molecular complexity index is 1170. The van der Waals surface area contributed by atoms with Crippen LogP contribution in [0.5, 0.6) is 0 Å². The van der Waals surface area contributed by atoms with Crippen molar-refractivity contribution in [2.24, 2.45) is 0 Å². The summed E-state index contributed by atoms with van der Waals surface area (Å²) >= 11 is 0. The van der Waals surface area contributed by atoms with Crippen molar-refractivity contribution < 1.29 is 29.4 Å². The van der Waals surface area contributed by atoms with Gasteiger partial charge in [-0.15, -0.1) is 0 Å². The van der Waals surface area contributed by atoms with Crippen molar-refractivity contribution in [1.82, 2.24) is 0 Å². The van der Waals surface area contributed by atoms with Gasteiger partial charge in [-0.2, -0.15) is 0 Å². The number of carboxylic acids is 2. The number of allylic oxidation sites excluding steroid dienone is 2. The Labute approximate surface area is 202 Å². The maximum Gasteiger partial charge on any atom is 0.328 e. The minimum atomic E-state index is -1.16. The van der Waals surface area contributed by atoms with Crippen molar-refractivity contribution in [1.29, 1.82) is 0 Å². The Morgan fingerprint density at radius 1 is 0.543 bits per heavy atom. The number of benzene rings is 3. The van der Waals surface area contributed by atoms with Gasteiger partial charge < -0.3 is 10.2 Å². The van der Waals surface area contributed by atoms with Gasteiger partial charge in [-0.05, 0) is 40.0 Å². The molecule has 0 spiro atoms. The number of aliphatic carboxylic acids is 2. The van der Waals surface area contributed by atoms with Gasteiger partial charge in [-0.3, -0.25) is 9.59 Å². The SMILES string of the molecule is O=C(O)/C=C/C(=O)Cc1ccc(C(c2ccccc2)c2ccc(CC(=O)/C=C/C(=O)O)cc2)cc1. The first-order chi connectivity index (χ1) is 16.8. The summed E-state index contributed by atoms with van der Waals surface area (Å²) in [6.07, 6.45) is 4.02. The number of carbonyl (C=O) groups is 4. The van der Waals surface area contributed by atoms with Crippen LogP contribution in [0.3, 0.4) is 0 Å². The molecule has 6 heteroatoms. The van der Waals surface area contributed by atoms with Crippen molar-refractivity contribution in [2.75, 3.05) is 0 Å². The molecule has 0 bridgehead atoms. The zero-order valence-electron chi connectivity index (χ0n) is 18.8. The minimum absolute atomic E-state index is 0.0792. The van der Waals surface area contributed by atoms with E-state index in [0.29, 0.717) is 0 Å². The summed E-state index contributed by atoms with van der Waals surface area (Å²) in [5.41, 5.74) is 4.67. The molecule has 0 aliphatic rings. The van der Waals surface area contributed by atoms with Crippen molar-refractivity contribution in [3.63, 3.8) is 0 Å². The fourth-order valence-corrected chi connectivity index (χ4v) is 3.73. The predicted molar refractivity (Wildman–Crippen MR) is 131 cm³/mol. The van der Waals surface area contributed by atoms with E-state index in [1.807, 2.05) is 78.9 Å². The first kappa shape index (κ1) is 25.1. The van der Waals surface area contributed by atoms with Gasteiger partial charge in [0.25, 0.3) is 0 Å². The van der Waals surface area contributed by atoms with E-state index in [9.17, 15) is 19.2 Å². The van der Waals surface area contributed by atoms with Crippen molar-refractivity contribution >= 4 is 23.5 Å². The summed E-state index contributed by atoms with van der Waals surface area (Å²) in [4.78, 5) is 45.1. The van der Waals surface area contributed by atoms with Gasteiger partial charge in [0.1, 0.15) is 0 Å². The topological polar surface area (TPSA) is 109 Å². The number of hydrogen-bond donors (Lipinski definition) is 2. The summed E-state index contributed by atoms with van der Waals surface area (Å²) in [6.45, 7) is 0. The lowest BCUT2D eigenvalue weighted by Crippen LogP contribution is -2.05. The number of carboxylic acid groups (broad SMARTS) is 2. The summed E-state index contributed by atoms with van der Waals surface area (Å²) in [6, 6.07) is 25.2. The van der Waals surface area contributed by atoms with Gasteiger partial charge in [0.2, 0.25) is 0 Å². The molecule has 0 fully saturated rings. The highest BCUT2D eigenvalue weighted by atomic mass is 16.4. The lowest BCUT2D eigenvalue weighted by molar-refractivity contribution is -0.132. The summed E-state index contributed by atoms with van der Waals surface area (Å²) in [7, 11) is 0. The number of hydrogen-bond acceptors (Lipinski definition) is 4. The van der Waals surface area contributed by atoms with E-state index in [4.69, 9.17) is 10.2 Å². The molecule has 6 nitrogen and oxygen atoms in total. The quantitative estimate of drug-likeness (QED) is 0.320. The van der Waals surface area contributed by atoms with E-state index >= 15 is 0 Å². The molecule has 0 aromatic heterocycles. The molecule has 0 heterocycles. The van der Waals surface area contributed by atoms with E-state index in [1.54, 1.807) is 0 Å². The lowest BCUT2D eigenvalue weighted by Gasteiger charge is -2.19. The molecule has 0 aliphatic carbocycles. The van der Waals surface area contributed by atoms with Gasteiger partial charge in [-0.1, -0.05) is 78.9 Å². The predicted octanol–water partition coefficient (Wildman–Crippen LogP) is 4.37.